The Bertz CT molecular complexity index is 1030. The first-order valence-electron chi connectivity index (χ1n) is 8.62. The van der Waals surface area contributed by atoms with E-state index < -0.39 is 0 Å². The number of nitrogens with two attached hydrogens (primary N) is 1. The van der Waals surface area contributed by atoms with Crippen molar-refractivity contribution in [2.24, 2.45) is 5.73 Å². The Morgan fingerprint density at radius 3 is 2.80 bits per heavy atom. The molecule has 0 spiro atoms. The fourth-order valence-corrected chi connectivity index (χ4v) is 3.46. The summed E-state index contributed by atoms with van der Waals surface area (Å²) < 4.78 is 13.8. The first-order valence-corrected chi connectivity index (χ1v) is 8.62. The number of benzene rings is 2. The van der Waals surface area contributed by atoms with E-state index in [4.69, 9.17) is 5.73 Å². The topological polar surface area (TPSA) is 54.7 Å². The van der Waals surface area contributed by atoms with Crippen LogP contribution >= 0.6 is 0 Å². The number of para-hydroxylation sites is 1. The van der Waals surface area contributed by atoms with Crippen LogP contribution in [0.25, 0.3) is 33.1 Å². The quantitative estimate of drug-likeness (QED) is 0.515. The Morgan fingerprint density at radius 2 is 1.92 bits per heavy atom. The van der Waals surface area contributed by atoms with E-state index in [-0.39, 0.29) is 5.82 Å². The van der Waals surface area contributed by atoms with Gasteiger partial charge in [-0.05, 0) is 55.6 Å². The van der Waals surface area contributed by atoms with Gasteiger partial charge in [-0.3, -0.25) is 4.98 Å². The molecule has 4 heteroatoms. The van der Waals surface area contributed by atoms with Crippen LogP contribution in [0.15, 0.2) is 54.7 Å². The van der Waals surface area contributed by atoms with E-state index in [0.717, 1.165) is 57.9 Å². The normalized spacial score (nSPS) is 11.4. The minimum Gasteiger partial charge on any atom is -0.354 e. The van der Waals surface area contributed by atoms with E-state index >= 15 is 0 Å². The third-order valence-electron chi connectivity index (χ3n) is 4.65. The molecular weight excluding hydrogens is 313 g/mol. The highest BCUT2D eigenvalue weighted by molar-refractivity contribution is 5.98. The molecule has 3 N–H and O–H groups in total. The predicted octanol–water partition coefficient (Wildman–Crippen LogP) is 4.80. The number of fused-ring (bicyclic) bond motifs is 2. The molecular formula is C21H20FN3. The highest BCUT2D eigenvalue weighted by Gasteiger charge is 2.16. The summed E-state index contributed by atoms with van der Waals surface area (Å²) in [4.78, 5) is 8.06. The fourth-order valence-electron chi connectivity index (χ4n) is 3.46. The largest absolute Gasteiger partial charge is 0.354 e. The Balaban J connectivity index is 1.94. The van der Waals surface area contributed by atoms with E-state index in [2.05, 4.69) is 28.2 Å². The van der Waals surface area contributed by atoms with Crippen molar-refractivity contribution in [2.45, 2.75) is 19.3 Å². The third kappa shape index (κ3) is 2.89. The number of nitrogens with one attached hydrogen (secondary N) is 1. The average Bonchev–Trinajstić information content (AvgIpc) is 2.99. The molecule has 4 rings (SSSR count). The zero-order valence-corrected chi connectivity index (χ0v) is 13.9. The molecule has 2 aromatic carbocycles. The summed E-state index contributed by atoms with van der Waals surface area (Å²) in [6.45, 7) is 0.669. The van der Waals surface area contributed by atoms with Gasteiger partial charge in [0.25, 0.3) is 0 Å². The van der Waals surface area contributed by atoms with Crippen molar-refractivity contribution in [1.29, 1.82) is 0 Å². The molecule has 25 heavy (non-hydrogen) atoms. The maximum Gasteiger partial charge on any atom is 0.123 e. The van der Waals surface area contributed by atoms with Crippen molar-refractivity contribution in [2.75, 3.05) is 6.54 Å². The summed E-state index contributed by atoms with van der Waals surface area (Å²) in [5.41, 5.74) is 10.8. The van der Waals surface area contributed by atoms with Crippen LogP contribution < -0.4 is 5.73 Å². The van der Waals surface area contributed by atoms with E-state index in [9.17, 15) is 4.39 Å². The van der Waals surface area contributed by atoms with E-state index in [1.54, 1.807) is 12.1 Å². The predicted molar refractivity (Wildman–Crippen MR) is 101 cm³/mol. The molecule has 0 radical (unpaired) electrons. The number of aryl methyl sites for hydroxylation is 1. The van der Waals surface area contributed by atoms with Crippen molar-refractivity contribution in [3.05, 3.63) is 66.1 Å². The van der Waals surface area contributed by atoms with Crippen molar-refractivity contribution in [3.8, 4) is 11.3 Å². The monoisotopic (exact) mass is 333 g/mol. The molecule has 0 saturated heterocycles. The van der Waals surface area contributed by atoms with Crippen molar-refractivity contribution >= 4 is 21.8 Å². The van der Waals surface area contributed by atoms with E-state index in [0.29, 0.717) is 6.54 Å². The van der Waals surface area contributed by atoms with Gasteiger partial charge in [0, 0.05) is 28.0 Å². The molecule has 0 unspecified atom stereocenters. The second-order valence-electron chi connectivity index (χ2n) is 6.29. The number of hydrogen-bond acceptors (Lipinski definition) is 2. The van der Waals surface area contributed by atoms with Crippen LogP contribution in [0.1, 0.15) is 18.4 Å². The summed E-state index contributed by atoms with van der Waals surface area (Å²) in [5.74, 6) is -0.214. The van der Waals surface area contributed by atoms with Crippen LogP contribution in [0.5, 0.6) is 0 Å². The first kappa shape index (κ1) is 15.8. The highest BCUT2D eigenvalue weighted by atomic mass is 19.1. The molecule has 3 nitrogen and oxygen atoms in total. The van der Waals surface area contributed by atoms with Gasteiger partial charge >= 0.3 is 0 Å². The van der Waals surface area contributed by atoms with E-state index in [1.165, 1.54) is 6.07 Å². The summed E-state index contributed by atoms with van der Waals surface area (Å²) in [6.07, 6.45) is 4.60. The van der Waals surface area contributed by atoms with Gasteiger partial charge in [-0.25, -0.2) is 4.39 Å². The fraction of sp³-hybridized carbons (Fsp3) is 0.190. The van der Waals surface area contributed by atoms with Gasteiger partial charge in [-0.1, -0.05) is 24.3 Å². The zero-order valence-electron chi connectivity index (χ0n) is 13.9. The lowest BCUT2D eigenvalue weighted by Gasteiger charge is -2.08. The maximum atomic E-state index is 13.8. The molecule has 0 amide bonds. The van der Waals surface area contributed by atoms with Crippen LogP contribution in [-0.2, 0) is 6.42 Å². The van der Waals surface area contributed by atoms with Crippen molar-refractivity contribution < 1.29 is 4.39 Å². The van der Waals surface area contributed by atoms with Gasteiger partial charge in [0.2, 0.25) is 0 Å². The standard InChI is InChI=1S/C21H20FN3/c22-15-9-10-19-18(13-15)16(7-1-2-11-23)21(25-19)17-8-3-5-14-6-4-12-24-20(14)17/h3-6,8-10,12-13,25H,1-2,7,11,23H2. The second-order valence-corrected chi connectivity index (χ2v) is 6.29. The molecule has 0 saturated carbocycles. The Hall–Kier alpha value is -2.72. The molecule has 0 aliphatic heterocycles. The van der Waals surface area contributed by atoms with Crippen molar-refractivity contribution in [3.63, 3.8) is 0 Å². The Kier molecular flexibility index (Phi) is 4.20. The SMILES string of the molecule is NCCCCc1c(-c2cccc3cccnc23)[nH]c2ccc(F)cc12. The van der Waals surface area contributed by atoms with Crippen LogP contribution in [0.2, 0.25) is 0 Å². The van der Waals surface area contributed by atoms with E-state index in [1.807, 2.05) is 18.3 Å². The van der Waals surface area contributed by atoms with Gasteiger partial charge in [0.15, 0.2) is 0 Å². The number of H-pyrrole nitrogens is 1. The summed E-state index contributed by atoms with van der Waals surface area (Å²) in [5, 5.41) is 2.04. The number of pyridine rings is 1. The lowest BCUT2D eigenvalue weighted by atomic mass is 9.98. The molecule has 0 aliphatic rings. The lowest BCUT2D eigenvalue weighted by molar-refractivity contribution is 0.629. The average molecular weight is 333 g/mol. The summed E-state index contributed by atoms with van der Waals surface area (Å²) in [6, 6.07) is 15.1. The Labute approximate surface area is 145 Å². The minimum absolute atomic E-state index is 0.214. The van der Waals surface area contributed by atoms with Gasteiger partial charge in [0.05, 0.1) is 11.2 Å². The number of hydrogen-bond donors (Lipinski definition) is 2. The lowest BCUT2D eigenvalue weighted by Crippen LogP contribution is -1.99. The number of halogens is 1. The number of aromatic nitrogens is 2. The molecule has 0 atom stereocenters. The van der Waals surface area contributed by atoms with Gasteiger partial charge < -0.3 is 10.7 Å². The molecule has 126 valence electrons. The number of unbranched alkanes of at least 4 members (excludes halogenated alkanes) is 1. The van der Waals surface area contributed by atoms with Crippen LogP contribution in [-0.4, -0.2) is 16.5 Å². The third-order valence-corrected chi connectivity index (χ3v) is 4.65. The minimum atomic E-state index is -0.214. The second kappa shape index (κ2) is 6.65. The molecule has 4 aromatic rings. The number of rotatable bonds is 5. The molecule has 2 aromatic heterocycles. The van der Waals surface area contributed by atoms with Gasteiger partial charge in [-0.2, -0.15) is 0 Å². The maximum absolute atomic E-state index is 13.8. The molecule has 0 bridgehead atoms. The first-order chi connectivity index (χ1) is 12.3. The summed E-state index contributed by atoms with van der Waals surface area (Å²) in [7, 11) is 0. The van der Waals surface area contributed by atoms with Gasteiger partial charge in [0.1, 0.15) is 5.82 Å². The summed E-state index contributed by atoms with van der Waals surface area (Å²) >= 11 is 0. The smallest absolute Gasteiger partial charge is 0.123 e. The van der Waals surface area contributed by atoms with Crippen LogP contribution in [0.4, 0.5) is 4.39 Å². The Morgan fingerprint density at radius 1 is 1.04 bits per heavy atom. The molecule has 0 aliphatic carbocycles. The zero-order chi connectivity index (χ0) is 17.2. The molecule has 0 fully saturated rings. The number of nitrogens with zero attached hydrogens (tertiary/aromatic N) is 1. The highest BCUT2D eigenvalue weighted by Crippen LogP contribution is 2.35. The number of aromatic amines is 1. The van der Waals surface area contributed by atoms with Crippen LogP contribution in [0.3, 0.4) is 0 Å². The molecule has 2 heterocycles. The van der Waals surface area contributed by atoms with Crippen molar-refractivity contribution in [1.82, 2.24) is 9.97 Å². The van der Waals surface area contributed by atoms with Crippen LogP contribution in [0, 0.1) is 5.82 Å². The van der Waals surface area contributed by atoms with Gasteiger partial charge in [-0.15, -0.1) is 0 Å².